The highest BCUT2D eigenvalue weighted by molar-refractivity contribution is 5.84. The van der Waals surface area contributed by atoms with Crippen molar-refractivity contribution in [2.24, 2.45) is 21.8 Å². The molecule has 2 heterocycles. The maximum absolute atomic E-state index is 14.9. The fraction of sp³-hybridized carbons (Fsp3) is 0.581. The van der Waals surface area contributed by atoms with Crippen LogP contribution in [0.15, 0.2) is 46.0 Å². The zero-order valence-corrected chi connectivity index (χ0v) is 23.1. The monoisotopic (exact) mass is 522 g/mol. The molecule has 206 valence electrons. The Kier molecular flexibility index (Phi) is 10.1. The van der Waals surface area contributed by atoms with Crippen molar-refractivity contribution < 1.29 is 13.9 Å². The number of amides is 1. The molecule has 2 fully saturated rings. The number of hydrogen-bond acceptors (Lipinski definition) is 3. The lowest BCUT2D eigenvalue weighted by molar-refractivity contribution is -0.136. The molecule has 0 bridgehead atoms. The Morgan fingerprint density at radius 2 is 1.89 bits per heavy atom. The first-order chi connectivity index (χ1) is 18.5. The number of piperidine rings is 2. The second kappa shape index (κ2) is 13.7. The third kappa shape index (κ3) is 7.33. The first kappa shape index (κ1) is 28.1. The minimum atomic E-state index is -0.323. The molecule has 0 N–H and O–H groups in total. The molecule has 0 saturated carbocycles. The van der Waals surface area contributed by atoms with Crippen LogP contribution in [0, 0.1) is 17.7 Å². The zero-order chi connectivity index (χ0) is 26.9. The van der Waals surface area contributed by atoms with E-state index in [0.717, 1.165) is 88.7 Å². The molecule has 1 aliphatic carbocycles. The van der Waals surface area contributed by atoms with Crippen LogP contribution in [-0.2, 0) is 4.79 Å². The number of carbonyl (C=O) groups excluding carboxylic acids is 1. The van der Waals surface area contributed by atoms with Crippen molar-refractivity contribution in [3.63, 3.8) is 0 Å². The van der Waals surface area contributed by atoms with Gasteiger partial charge >= 0.3 is 0 Å². The lowest BCUT2D eigenvalue weighted by Gasteiger charge is -2.32. The van der Waals surface area contributed by atoms with Crippen molar-refractivity contribution in [1.29, 1.82) is 0 Å². The van der Waals surface area contributed by atoms with Crippen LogP contribution in [0.4, 0.5) is 4.39 Å². The Morgan fingerprint density at radius 1 is 1.13 bits per heavy atom. The summed E-state index contributed by atoms with van der Waals surface area (Å²) in [6.07, 6.45) is 12.7. The highest BCUT2D eigenvalue weighted by Gasteiger charge is 2.27. The minimum absolute atomic E-state index is 0.0669. The van der Waals surface area contributed by atoms with Crippen LogP contribution >= 0.6 is 0 Å². The summed E-state index contributed by atoms with van der Waals surface area (Å²) >= 11 is 0. The maximum atomic E-state index is 14.9. The van der Waals surface area contributed by atoms with Gasteiger partial charge in [0.25, 0.3) is 0 Å². The summed E-state index contributed by atoms with van der Waals surface area (Å²) in [5, 5.41) is 0. The Hall–Kier alpha value is -2.96. The molecule has 2 aliphatic heterocycles. The summed E-state index contributed by atoms with van der Waals surface area (Å²) in [4.78, 5) is 25.6. The van der Waals surface area contributed by atoms with Crippen LogP contribution in [0.5, 0.6) is 5.75 Å². The van der Waals surface area contributed by atoms with Crippen molar-refractivity contribution >= 4 is 24.2 Å². The van der Waals surface area contributed by atoms with Crippen molar-refractivity contribution in [3.05, 3.63) is 47.4 Å². The zero-order valence-electron chi connectivity index (χ0n) is 23.1. The molecular weight excluding hydrogens is 479 g/mol. The number of halogens is 1. The van der Waals surface area contributed by atoms with Gasteiger partial charge in [-0.2, -0.15) is 0 Å². The van der Waals surface area contributed by atoms with E-state index in [0.29, 0.717) is 30.1 Å². The largest absolute Gasteiger partial charge is 0.490 e. The normalized spacial score (nSPS) is 21.8. The van der Waals surface area contributed by atoms with Crippen LogP contribution in [0.1, 0.15) is 77.2 Å². The van der Waals surface area contributed by atoms with Gasteiger partial charge in [-0.25, -0.2) is 14.4 Å². The molecule has 1 amide bonds. The molecule has 1 aromatic carbocycles. The predicted octanol–water partition coefficient (Wildman–Crippen LogP) is 6.48. The number of allylic oxidation sites excluding steroid dienone is 3. The molecule has 3 aliphatic rings. The van der Waals surface area contributed by atoms with E-state index < -0.39 is 0 Å². The van der Waals surface area contributed by atoms with Gasteiger partial charge in [-0.1, -0.05) is 24.6 Å². The summed E-state index contributed by atoms with van der Waals surface area (Å²) in [5.41, 5.74) is 3.22. The average Bonchev–Trinajstić information content (AvgIpc) is 2.97. The van der Waals surface area contributed by atoms with Gasteiger partial charge in [0.2, 0.25) is 11.9 Å². The van der Waals surface area contributed by atoms with Gasteiger partial charge in [-0.3, -0.25) is 4.79 Å². The van der Waals surface area contributed by atoms with Crippen LogP contribution in [0.3, 0.4) is 0 Å². The van der Waals surface area contributed by atoms with E-state index in [9.17, 15) is 9.18 Å². The molecule has 6 nitrogen and oxygen atoms in total. The smallest absolute Gasteiger partial charge is 0.226 e. The number of aliphatic imine (C=N–C) groups is 2. The van der Waals surface area contributed by atoms with Gasteiger partial charge in [0.15, 0.2) is 11.6 Å². The SMILES string of the molecule is C=N/C(=N\C=C(/C)CC)N1CCC(COc2ccc(C3=CCC(C(=O)N4CCCCC4)CC3)cc2F)CC1. The molecule has 0 spiro atoms. The van der Waals surface area contributed by atoms with E-state index in [2.05, 4.69) is 41.5 Å². The molecule has 1 aromatic rings. The number of rotatable bonds is 7. The molecule has 7 heteroatoms. The van der Waals surface area contributed by atoms with Gasteiger partial charge in [-0.15, -0.1) is 0 Å². The van der Waals surface area contributed by atoms with E-state index in [1.54, 1.807) is 12.1 Å². The lowest BCUT2D eigenvalue weighted by Crippen LogP contribution is -2.40. The minimum Gasteiger partial charge on any atom is -0.490 e. The molecule has 1 atom stereocenters. The van der Waals surface area contributed by atoms with Crippen LogP contribution < -0.4 is 4.74 Å². The first-order valence-electron chi connectivity index (χ1n) is 14.3. The van der Waals surface area contributed by atoms with Crippen LogP contribution in [-0.4, -0.2) is 61.2 Å². The topological polar surface area (TPSA) is 57.5 Å². The van der Waals surface area contributed by atoms with Gasteiger partial charge in [-0.05, 0) is 101 Å². The maximum Gasteiger partial charge on any atom is 0.226 e. The Bertz CT molecular complexity index is 1070. The van der Waals surface area contributed by atoms with E-state index in [-0.39, 0.29) is 11.7 Å². The standard InChI is InChI=1S/C31H43FN4O2/c1-4-23(2)21-34-31(33-3)36-18-14-24(15-19-36)22-38-29-13-12-27(20-28(29)32)25-8-10-26(11-9-25)30(37)35-16-6-5-7-17-35/h8,12-13,20-21,24,26H,3-7,9-11,14-19,22H2,1-2H3/b23-21+,34-31+. The predicted molar refractivity (Wildman–Crippen MR) is 153 cm³/mol. The number of ether oxygens (including phenoxy) is 1. The molecule has 38 heavy (non-hydrogen) atoms. The van der Waals surface area contributed by atoms with Crippen LogP contribution in [0.2, 0.25) is 0 Å². The molecular formula is C31H43FN4O2. The summed E-state index contributed by atoms with van der Waals surface area (Å²) in [6.45, 7) is 11.8. The molecule has 4 rings (SSSR count). The van der Waals surface area contributed by atoms with Gasteiger partial charge < -0.3 is 14.5 Å². The fourth-order valence-corrected chi connectivity index (χ4v) is 5.50. The fourth-order valence-electron chi connectivity index (χ4n) is 5.50. The lowest BCUT2D eigenvalue weighted by atomic mass is 9.85. The summed E-state index contributed by atoms with van der Waals surface area (Å²) in [6, 6.07) is 5.28. The van der Waals surface area contributed by atoms with Crippen molar-refractivity contribution in [2.45, 2.75) is 71.6 Å². The van der Waals surface area contributed by atoms with E-state index in [1.165, 1.54) is 12.0 Å². The second-order valence-electron chi connectivity index (χ2n) is 10.9. The number of guanidine groups is 1. The summed E-state index contributed by atoms with van der Waals surface area (Å²) in [7, 11) is 0. The highest BCUT2D eigenvalue weighted by Crippen LogP contribution is 2.33. The molecule has 2 saturated heterocycles. The summed E-state index contributed by atoms with van der Waals surface area (Å²) < 4.78 is 20.8. The quantitative estimate of drug-likeness (QED) is 0.304. The molecule has 0 radical (unpaired) electrons. The summed E-state index contributed by atoms with van der Waals surface area (Å²) in [5.74, 6) is 1.38. The number of carbonyl (C=O) groups is 1. The van der Waals surface area contributed by atoms with Gasteiger partial charge in [0.05, 0.1) is 6.61 Å². The van der Waals surface area contributed by atoms with Crippen molar-refractivity contribution in [3.8, 4) is 5.75 Å². The van der Waals surface area contributed by atoms with Gasteiger partial charge in [0, 0.05) is 38.3 Å². The highest BCUT2D eigenvalue weighted by atomic mass is 19.1. The number of nitrogens with zero attached hydrogens (tertiary/aromatic N) is 4. The number of benzene rings is 1. The van der Waals surface area contributed by atoms with Crippen molar-refractivity contribution in [2.75, 3.05) is 32.8 Å². The average molecular weight is 523 g/mol. The van der Waals surface area contributed by atoms with E-state index >= 15 is 0 Å². The van der Waals surface area contributed by atoms with Crippen LogP contribution in [0.25, 0.3) is 5.57 Å². The van der Waals surface area contributed by atoms with E-state index in [4.69, 9.17) is 4.74 Å². The van der Waals surface area contributed by atoms with E-state index in [1.807, 2.05) is 17.2 Å². The molecule has 1 unspecified atom stereocenters. The Balaban J connectivity index is 1.26. The first-order valence-corrected chi connectivity index (χ1v) is 14.3. The van der Waals surface area contributed by atoms with Crippen molar-refractivity contribution in [1.82, 2.24) is 9.80 Å². The molecule has 0 aromatic heterocycles. The number of hydrogen-bond donors (Lipinski definition) is 0. The Labute approximate surface area is 227 Å². The number of likely N-dealkylation sites (tertiary alicyclic amines) is 2. The Morgan fingerprint density at radius 3 is 2.53 bits per heavy atom. The second-order valence-corrected chi connectivity index (χ2v) is 10.9. The van der Waals surface area contributed by atoms with Gasteiger partial charge in [0.1, 0.15) is 0 Å². The third-order valence-electron chi connectivity index (χ3n) is 8.20. The third-order valence-corrected chi connectivity index (χ3v) is 8.20.